The standard InChI is InChI=1S/C16H16FN3S/c1-20(9-10-3-2-4-12(17)7-10)16-14(11-5-6-11)15(19)13(8-18)21-16/h2-4,7,11H,5-6,9,19H2,1H3. The van der Waals surface area contributed by atoms with Gasteiger partial charge in [-0.15, -0.1) is 11.3 Å². The van der Waals surface area contributed by atoms with Crippen LogP contribution in [0.15, 0.2) is 24.3 Å². The van der Waals surface area contributed by atoms with Crippen LogP contribution < -0.4 is 10.6 Å². The Morgan fingerprint density at radius 3 is 2.86 bits per heavy atom. The lowest BCUT2D eigenvalue weighted by Gasteiger charge is -2.19. The van der Waals surface area contributed by atoms with Crippen LogP contribution in [0.3, 0.4) is 0 Å². The van der Waals surface area contributed by atoms with Gasteiger partial charge in [0.2, 0.25) is 0 Å². The SMILES string of the molecule is CN(Cc1cccc(F)c1)c1sc(C#N)c(N)c1C1CC1. The smallest absolute Gasteiger partial charge is 0.130 e. The van der Waals surface area contributed by atoms with Crippen LogP contribution in [0, 0.1) is 17.1 Å². The van der Waals surface area contributed by atoms with Gasteiger partial charge in [0.15, 0.2) is 0 Å². The summed E-state index contributed by atoms with van der Waals surface area (Å²) in [4.78, 5) is 2.64. The fourth-order valence-corrected chi connectivity index (χ4v) is 3.62. The first-order valence-electron chi connectivity index (χ1n) is 6.88. The van der Waals surface area contributed by atoms with Gasteiger partial charge in [-0.25, -0.2) is 4.39 Å². The summed E-state index contributed by atoms with van der Waals surface area (Å²) in [5.41, 5.74) is 8.76. The summed E-state index contributed by atoms with van der Waals surface area (Å²) in [6.45, 7) is 0.600. The molecule has 1 aromatic carbocycles. The number of thiophene rings is 1. The van der Waals surface area contributed by atoms with Crippen LogP contribution >= 0.6 is 11.3 Å². The molecule has 1 heterocycles. The number of halogens is 1. The van der Waals surface area contributed by atoms with Crippen LogP contribution in [0.25, 0.3) is 0 Å². The van der Waals surface area contributed by atoms with E-state index in [1.807, 2.05) is 13.1 Å². The normalized spacial score (nSPS) is 14.0. The fraction of sp³-hybridized carbons (Fsp3) is 0.312. The van der Waals surface area contributed by atoms with E-state index >= 15 is 0 Å². The number of anilines is 2. The number of benzene rings is 1. The van der Waals surface area contributed by atoms with Crippen molar-refractivity contribution in [3.63, 3.8) is 0 Å². The number of nitrogens with zero attached hydrogens (tertiary/aromatic N) is 2. The Kier molecular flexibility index (Phi) is 3.56. The third kappa shape index (κ3) is 2.72. The second kappa shape index (κ2) is 5.38. The molecule has 0 bridgehead atoms. The molecule has 108 valence electrons. The first kappa shape index (κ1) is 13.9. The van der Waals surface area contributed by atoms with Crippen molar-refractivity contribution in [3.8, 4) is 6.07 Å². The number of hydrogen-bond acceptors (Lipinski definition) is 4. The van der Waals surface area contributed by atoms with Crippen molar-refractivity contribution in [1.29, 1.82) is 5.26 Å². The molecule has 5 heteroatoms. The van der Waals surface area contributed by atoms with Crippen LogP contribution in [0.2, 0.25) is 0 Å². The first-order chi connectivity index (χ1) is 10.1. The fourth-order valence-electron chi connectivity index (χ4n) is 2.56. The highest BCUT2D eigenvalue weighted by Gasteiger charge is 2.32. The Morgan fingerprint density at radius 2 is 2.24 bits per heavy atom. The van der Waals surface area contributed by atoms with Crippen LogP contribution in [-0.4, -0.2) is 7.05 Å². The van der Waals surface area contributed by atoms with Crippen LogP contribution in [-0.2, 0) is 6.54 Å². The Hall–Kier alpha value is -2.06. The van der Waals surface area contributed by atoms with Crippen LogP contribution in [0.4, 0.5) is 15.1 Å². The van der Waals surface area contributed by atoms with E-state index in [1.165, 1.54) is 23.5 Å². The van der Waals surface area contributed by atoms with Gasteiger partial charge in [-0.3, -0.25) is 0 Å². The molecule has 0 amide bonds. The predicted molar refractivity (Wildman–Crippen MR) is 83.9 cm³/mol. The van der Waals surface area contributed by atoms with Gasteiger partial charge < -0.3 is 10.6 Å². The highest BCUT2D eigenvalue weighted by molar-refractivity contribution is 7.17. The van der Waals surface area contributed by atoms with E-state index in [4.69, 9.17) is 5.73 Å². The van der Waals surface area contributed by atoms with E-state index in [9.17, 15) is 9.65 Å². The maximum atomic E-state index is 13.3. The minimum Gasteiger partial charge on any atom is -0.397 e. The average molecular weight is 301 g/mol. The Balaban J connectivity index is 1.91. The van der Waals surface area contributed by atoms with Crippen molar-refractivity contribution in [3.05, 3.63) is 46.1 Å². The van der Waals surface area contributed by atoms with Gasteiger partial charge in [0.25, 0.3) is 0 Å². The molecule has 0 aliphatic heterocycles. The van der Waals surface area contributed by atoms with Gasteiger partial charge in [0.05, 0.1) is 10.7 Å². The van der Waals surface area contributed by atoms with Crippen molar-refractivity contribution >= 4 is 22.0 Å². The molecule has 2 aromatic rings. The van der Waals surface area contributed by atoms with Crippen molar-refractivity contribution in [2.45, 2.75) is 25.3 Å². The van der Waals surface area contributed by atoms with Crippen molar-refractivity contribution in [1.82, 2.24) is 0 Å². The molecular formula is C16H16FN3S. The average Bonchev–Trinajstić information content (AvgIpc) is 3.22. The maximum absolute atomic E-state index is 13.3. The number of nitriles is 1. The number of nitrogen functional groups attached to an aromatic ring is 1. The molecule has 1 aliphatic rings. The summed E-state index contributed by atoms with van der Waals surface area (Å²) in [6.07, 6.45) is 2.26. The van der Waals surface area contributed by atoms with Crippen LogP contribution in [0.5, 0.6) is 0 Å². The molecule has 1 saturated carbocycles. The molecule has 0 unspecified atom stereocenters. The topological polar surface area (TPSA) is 53.0 Å². The van der Waals surface area contributed by atoms with Gasteiger partial charge in [-0.05, 0) is 36.5 Å². The highest BCUT2D eigenvalue weighted by Crippen LogP contribution is 2.51. The second-order valence-electron chi connectivity index (χ2n) is 5.44. The lowest BCUT2D eigenvalue weighted by atomic mass is 10.1. The van der Waals surface area contributed by atoms with E-state index in [2.05, 4.69) is 11.0 Å². The number of hydrogen-bond donors (Lipinski definition) is 1. The van der Waals surface area contributed by atoms with E-state index in [0.717, 1.165) is 29.0 Å². The minimum absolute atomic E-state index is 0.230. The largest absolute Gasteiger partial charge is 0.397 e. The van der Waals surface area contributed by atoms with Crippen molar-refractivity contribution < 1.29 is 4.39 Å². The summed E-state index contributed by atoms with van der Waals surface area (Å²) in [5, 5.41) is 10.2. The van der Waals surface area contributed by atoms with E-state index in [1.54, 1.807) is 6.07 Å². The van der Waals surface area contributed by atoms with Gasteiger partial charge in [0.1, 0.15) is 16.8 Å². The predicted octanol–water partition coefficient (Wildman–Crippen LogP) is 3.85. The van der Waals surface area contributed by atoms with Crippen LogP contribution in [0.1, 0.15) is 34.8 Å². The Labute approximate surface area is 127 Å². The summed E-state index contributed by atoms with van der Waals surface area (Å²) in [6, 6.07) is 8.76. The molecule has 0 spiro atoms. The second-order valence-corrected chi connectivity index (χ2v) is 6.43. The molecule has 1 aromatic heterocycles. The summed E-state index contributed by atoms with van der Waals surface area (Å²) < 4.78 is 13.3. The van der Waals surface area contributed by atoms with Gasteiger partial charge in [-0.1, -0.05) is 12.1 Å². The highest BCUT2D eigenvalue weighted by atomic mass is 32.1. The molecule has 3 nitrogen and oxygen atoms in total. The van der Waals surface area contributed by atoms with E-state index in [0.29, 0.717) is 23.0 Å². The molecule has 1 aliphatic carbocycles. The van der Waals surface area contributed by atoms with Gasteiger partial charge in [0, 0.05) is 19.2 Å². The lowest BCUT2D eigenvalue weighted by Crippen LogP contribution is -2.16. The van der Waals surface area contributed by atoms with Crippen molar-refractivity contribution in [2.75, 3.05) is 17.7 Å². The minimum atomic E-state index is -0.230. The molecule has 21 heavy (non-hydrogen) atoms. The third-order valence-corrected chi connectivity index (χ3v) is 4.95. The molecule has 0 saturated heterocycles. The molecule has 0 atom stereocenters. The quantitative estimate of drug-likeness (QED) is 0.933. The molecule has 1 fully saturated rings. The zero-order chi connectivity index (χ0) is 15.0. The van der Waals surface area contributed by atoms with E-state index in [-0.39, 0.29) is 5.82 Å². The van der Waals surface area contributed by atoms with Gasteiger partial charge >= 0.3 is 0 Å². The number of nitrogens with two attached hydrogens (primary N) is 1. The maximum Gasteiger partial charge on any atom is 0.130 e. The number of rotatable bonds is 4. The zero-order valence-corrected chi connectivity index (χ0v) is 12.6. The third-order valence-electron chi connectivity index (χ3n) is 3.71. The van der Waals surface area contributed by atoms with Gasteiger partial charge in [-0.2, -0.15) is 5.26 Å². The molecule has 3 rings (SSSR count). The monoisotopic (exact) mass is 301 g/mol. The summed E-state index contributed by atoms with van der Waals surface area (Å²) in [5.74, 6) is 0.250. The van der Waals surface area contributed by atoms with Crippen molar-refractivity contribution in [2.24, 2.45) is 0 Å². The summed E-state index contributed by atoms with van der Waals surface area (Å²) >= 11 is 1.43. The summed E-state index contributed by atoms with van der Waals surface area (Å²) in [7, 11) is 1.96. The Morgan fingerprint density at radius 1 is 1.48 bits per heavy atom. The zero-order valence-electron chi connectivity index (χ0n) is 11.8. The molecule has 2 N–H and O–H groups in total. The van der Waals surface area contributed by atoms with E-state index < -0.39 is 0 Å². The Bertz CT molecular complexity index is 713. The first-order valence-corrected chi connectivity index (χ1v) is 7.69. The lowest BCUT2D eigenvalue weighted by molar-refractivity contribution is 0.625. The molecular weight excluding hydrogens is 285 g/mol. The molecule has 0 radical (unpaired) electrons.